The van der Waals surface area contributed by atoms with Crippen molar-refractivity contribution in [2.45, 2.75) is 12.5 Å². The number of para-hydroxylation sites is 1. The van der Waals surface area contributed by atoms with Crippen molar-refractivity contribution in [3.8, 4) is 0 Å². The maximum atomic E-state index is 4.72. The van der Waals surface area contributed by atoms with Crippen molar-refractivity contribution in [2.75, 3.05) is 7.05 Å². The van der Waals surface area contributed by atoms with Crippen LogP contribution in [0.5, 0.6) is 0 Å². The van der Waals surface area contributed by atoms with E-state index in [1.165, 1.54) is 15.3 Å². The number of hydrogen-bond donors (Lipinski definition) is 1. The summed E-state index contributed by atoms with van der Waals surface area (Å²) in [6, 6.07) is 10.8. The third-order valence-corrected chi connectivity index (χ3v) is 4.86. The molecule has 2 aromatic heterocycles. The zero-order valence-corrected chi connectivity index (χ0v) is 11.7. The number of nitrogens with zero attached hydrogens (tertiary/aromatic N) is 1. The number of rotatable bonds is 4. The van der Waals surface area contributed by atoms with E-state index in [1.54, 1.807) is 22.7 Å². The zero-order chi connectivity index (χ0) is 12.4. The molecule has 0 aliphatic carbocycles. The number of likely N-dealkylation sites (N-methyl/N-ethyl adjacent to an activating group) is 1. The van der Waals surface area contributed by atoms with E-state index in [-0.39, 0.29) is 0 Å². The van der Waals surface area contributed by atoms with Crippen molar-refractivity contribution in [1.82, 2.24) is 10.3 Å². The van der Waals surface area contributed by atoms with E-state index in [0.717, 1.165) is 11.9 Å². The smallest absolute Gasteiger partial charge is 0.111 e. The fourth-order valence-electron chi connectivity index (χ4n) is 2.00. The number of benzene rings is 1. The number of thiophene rings is 1. The Kier molecular flexibility index (Phi) is 3.41. The molecule has 3 rings (SSSR count). The molecule has 2 nitrogen and oxygen atoms in total. The number of nitrogens with one attached hydrogen (secondary N) is 1. The minimum atomic E-state index is 0.303. The molecule has 3 aromatic rings. The van der Waals surface area contributed by atoms with E-state index in [1.807, 2.05) is 13.1 Å². The lowest BCUT2D eigenvalue weighted by Crippen LogP contribution is -2.18. The standard InChI is InChI=1S/C14H14N2S2/c1-15-12(8-10-6-7-17-9-10)14-16-11-4-2-3-5-13(11)18-14/h2-7,9,12,15H,8H2,1H3. The number of aromatic nitrogens is 1. The van der Waals surface area contributed by atoms with Crippen LogP contribution in [0.4, 0.5) is 0 Å². The number of hydrogen-bond acceptors (Lipinski definition) is 4. The van der Waals surface area contributed by atoms with Crippen molar-refractivity contribution >= 4 is 32.9 Å². The van der Waals surface area contributed by atoms with Gasteiger partial charge >= 0.3 is 0 Å². The Balaban J connectivity index is 1.90. The minimum absolute atomic E-state index is 0.303. The van der Waals surface area contributed by atoms with Gasteiger partial charge < -0.3 is 5.32 Å². The molecule has 1 aromatic carbocycles. The van der Waals surface area contributed by atoms with Crippen molar-refractivity contribution in [1.29, 1.82) is 0 Å². The zero-order valence-electron chi connectivity index (χ0n) is 10.1. The highest BCUT2D eigenvalue weighted by atomic mass is 32.1. The molecule has 4 heteroatoms. The largest absolute Gasteiger partial charge is 0.311 e. The van der Waals surface area contributed by atoms with E-state index in [9.17, 15) is 0 Å². The van der Waals surface area contributed by atoms with Crippen molar-refractivity contribution in [3.63, 3.8) is 0 Å². The molecule has 0 bridgehead atoms. The summed E-state index contributed by atoms with van der Waals surface area (Å²) in [5.41, 5.74) is 2.47. The molecule has 0 aliphatic rings. The van der Waals surface area contributed by atoms with Gasteiger partial charge in [0.25, 0.3) is 0 Å². The summed E-state index contributed by atoms with van der Waals surface area (Å²) < 4.78 is 1.26. The highest BCUT2D eigenvalue weighted by molar-refractivity contribution is 7.18. The topological polar surface area (TPSA) is 24.9 Å². The monoisotopic (exact) mass is 274 g/mol. The van der Waals surface area contributed by atoms with Crippen LogP contribution in [0.2, 0.25) is 0 Å². The first-order valence-electron chi connectivity index (χ1n) is 5.90. The molecular formula is C14H14N2S2. The molecule has 0 saturated heterocycles. The molecule has 1 N–H and O–H groups in total. The lowest BCUT2D eigenvalue weighted by Gasteiger charge is -2.11. The highest BCUT2D eigenvalue weighted by Crippen LogP contribution is 2.28. The van der Waals surface area contributed by atoms with Crippen molar-refractivity contribution in [3.05, 3.63) is 51.7 Å². The maximum Gasteiger partial charge on any atom is 0.111 e. The van der Waals surface area contributed by atoms with E-state index in [0.29, 0.717) is 6.04 Å². The second-order valence-electron chi connectivity index (χ2n) is 4.20. The Labute approximate surface area is 114 Å². The minimum Gasteiger partial charge on any atom is -0.311 e. The van der Waals surface area contributed by atoms with Crippen LogP contribution in [-0.2, 0) is 6.42 Å². The van der Waals surface area contributed by atoms with Gasteiger partial charge in [-0.2, -0.15) is 11.3 Å². The average Bonchev–Trinajstić information content (AvgIpc) is 3.04. The molecule has 1 atom stereocenters. The van der Waals surface area contributed by atoms with Gasteiger partial charge in [-0.05, 0) is 48.0 Å². The van der Waals surface area contributed by atoms with E-state index in [2.05, 4.69) is 40.3 Å². The van der Waals surface area contributed by atoms with Crippen LogP contribution in [0.1, 0.15) is 16.6 Å². The fourth-order valence-corrected chi connectivity index (χ4v) is 3.76. The van der Waals surface area contributed by atoms with Gasteiger partial charge in [0.1, 0.15) is 5.01 Å². The Hall–Kier alpha value is -1.23. The first-order chi connectivity index (χ1) is 8.86. The van der Waals surface area contributed by atoms with Crippen LogP contribution in [0.25, 0.3) is 10.2 Å². The van der Waals surface area contributed by atoms with Gasteiger partial charge in [0.2, 0.25) is 0 Å². The summed E-state index contributed by atoms with van der Waals surface area (Å²) >= 11 is 3.53. The van der Waals surface area contributed by atoms with Crippen LogP contribution >= 0.6 is 22.7 Å². The summed E-state index contributed by atoms with van der Waals surface area (Å²) in [7, 11) is 2.00. The van der Waals surface area contributed by atoms with Gasteiger partial charge in [-0.3, -0.25) is 0 Å². The molecule has 0 aliphatic heterocycles. The molecule has 1 unspecified atom stereocenters. The highest BCUT2D eigenvalue weighted by Gasteiger charge is 2.15. The summed E-state index contributed by atoms with van der Waals surface area (Å²) in [5.74, 6) is 0. The predicted molar refractivity (Wildman–Crippen MR) is 79.4 cm³/mol. The third kappa shape index (κ3) is 2.32. The van der Waals surface area contributed by atoms with Gasteiger partial charge in [0.05, 0.1) is 16.3 Å². The molecule has 0 radical (unpaired) electrons. The lowest BCUT2D eigenvalue weighted by molar-refractivity contribution is 0.590. The normalized spacial score (nSPS) is 12.9. The summed E-state index contributed by atoms with van der Waals surface area (Å²) in [6.07, 6.45) is 1.000. The van der Waals surface area contributed by atoms with E-state index >= 15 is 0 Å². The molecule has 0 fully saturated rings. The Morgan fingerprint density at radius 3 is 2.89 bits per heavy atom. The van der Waals surface area contributed by atoms with Gasteiger partial charge in [0.15, 0.2) is 0 Å². The van der Waals surface area contributed by atoms with Crippen molar-refractivity contribution in [2.24, 2.45) is 0 Å². The van der Waals surface area contributed by atoms with E-state index < -0.39 is 0 Å². The van der Waals surface area contributed by atoms with Gasteiger partial charge in [0, 0.05) is 0 Å². The van der Waals surface area contributed by atoms with Gasteiger partial charge in [-0.15, -0.1) is 11.3 Å². The molecule has 0 spiro atoms. The summed E-state index contributed by atoms with van der Waals surface area (Å²) in [6.45, 7) is 0. The molecular weight excluding hydrogens is 260 g/mol. The average molecular weight is 274 g/mol. The molecule has 0 amide bonds. The Bertz CT molecular complexity index is 595. The molecule has 92 valence electrons. The van der Waals surface area contributed by atoms with Crippen LogP contribution in [0, 0.1) is 0 Å². The second-order valence-corrected chi connectivity index (χ2v) is 6.04. The molecule has 2 heterocycles. The van der Waals surface area contributed by atoms with Crippen LogP contribution < -0.4 is 5.32 Å². The van der Waals surface area contributed by atoms with Gasteiger partial charge in [-0.1, -0.05) is 12.1 Å². The summed E-state index contributed by atoms with van der Waals surface area (Å²) in [4.78, 5) is 4.72. The SMILES string of the molecule is CNC(Cc1ccsc1)c1nc2ccccc2s1. The van der Waals surface area contributed by atoms with Crippen molar-refractivity contribution < 1.29 is 0 Å². The third-order valence-electron chi connectivity index (χ3n) is 2.98. The van der Waals surface area contributed by atoms with Crippen LogP contribution in [0.3, 0.4) is 0 Å². The molecule has 18 heavy (non-hydrogen) atoms. The van der Waals surface area contributed by atoms with Crippen LogP contribution in [-0.4, -0.2) is 12.0 Å². The maximum absolute atomic E-state index is 4.72. The lowest BCUT2D eigenvalue weighted by atomic mass is 10.1. The predicted octanol–water partition coefficient (Wildman–Crippen LogP) is 3.86. The molecule has 0 saturated carbocycles. The van der Waals surface area contributed by atoms with Crippen LogP contribution in [0.15, 0.2) is 41.1 Å². The Morgan fingerprint density at radius 2 is 2.17 bits per heavy atom. The Morgan fingerprint density at radius 1 is 1.28 bits per heavy atom. The quantitative estimate of drug-likeness (QED) is 0.781. The van der Waals surface area contributed by atoms with E-state index in [4.69, 9.17) is 4.98 Å². The number of thiazole rings is 1. The first-order valence-corrected chi connectivity index (χ1v) is 7.66. The number of fused-ring (bicyclic) bond motifs is 1. The fraction of sp³-hybridized carbons (Fsp3) is 0.214. The van der Waals surface area contributed by atoms with Gasteiger partial charge in [-0.25, -0.2) is 4.98 Å². The first kappa shape index (κ1) is 11.8. The summed E-state index contributed by atoms with van der Waals surface area (Å²) in [5, 5.41) is 8.87. The second kappa shape index (κ2) is 5.18.